The second-order valence-electron chi connectivity index (χ2n) is 23.0. The number of aromatic nitrogens is 6. The van der Waals surface area contributed by atoms with Crippen molar-refractivity contribution in [2.24, 2.45) is 7.05 Å². The lowest BCUT2D eigenvalue weighted by molar-refractivity contribution is -0.143. The SMILES string of the molecule is C#Cc1c(F)ccc2cc(O)cc(-c3ncc4c(N5C[C@H]6CC[C@@H](C5)N6)nc(OC[C@@H]5CCCN5C(=O)CCOCCOc5ccc6c(c5)O[C@H](C)CN(Cc5cc(C(CC(=O)OCC)c7cc(OC)c8c(c7)nnn8C)ccc5C)S6(=O)=O)nc4c3F)c12. The van der Waals surface area contributed by atoms with Gasteiger partial charge in [0.15, 0.2) is 5.82 Å². The van der Waals surface area contributed by atoms with Crippen LogP contribution in [0.4, 0.5) is 14.6 Å². The van der Waals surface area contributed by atoms with E-state index in [1.165, 1.54) is 40.8 Å². The number of sulfonamides is 1. The topological polar surface area (TPSA) is 235 Å². The van der Waals surface area contributed by atoms with Gasteiger partial charge >= 0.3 is 12.0 Å². The standard InChI is InChI=1S/C65H68F2N10O11S/c1-7-48-52(66)17-13-40-25-46(78)28-50(59(40)48)61-60(67)62-51(31-68-61)64(75-34-43-14-15-44(35-75)69-43)71-65(70-62)87-36-45-10-9-20-77(45)57(79)19-21-84-22-23-86-47-16-18-56-54(29-47)88-38(4)32-76(89(56,81)82)33-42-24-39(12-11-37(42)3)49(30-58(80)85-8-2)41-26-53-63(55(27-41)83-6)74(5)73-72-53/h1,11-13,16-18,24-29,31,38,43-45,49,69,78H,8-10,14-15,19-23,30,32-36H2,2-6H3/t38-,43-,44+,45+,49?/m1/s1. The summed E-state index contributed by atoms with van der Waals surface area (Å²) in [6.45, 7) is 7.90. The van der Waals surface area contributed by atoms with Gasteiger partial charge in [-0.3, -0.25) is 14.6 Å². The van der Waals surface area contributed by atoms with Crippen molar-refractivity contribution in [3.8, 4) is 52.6 Å². The third kappa shape index (κ3) is 12.3. The Balaban J connectivity index is 0.677. The molecule has 1 amide bonds. The average molecular weight is 1240 g/mol. The minimum Gasteiger partial charge on any atom is -0.508 e. The summed E-state index contributed by atoms with van der Waals surface area (Å²) in [4.78, 5) is 44.7. The third-order valence-electron chi connectivity index (χ3n) is 17.1. The maximum atomic E-state index is 17.2. The molecule has 89 heavy (non-hydrogen) atoms. The summed E-state index contributed by atoms with van der Waals surface area (Å²) in [5, 5.41) is 23.8. The monoisotopic (exact) mass is 1230 g/mol. The number of aryl methyl sites for hydroxylation is 2. The number of carbonyl (C=O) groups excluding carboxylic acids is 2. The lowest BCUT2D eigenvalue weighted by atomic mass is 9.86. The number of phenols is 1. The van der Waals surface area contributed by atoms with Gasteiger partial charge in [-0.25, -0.2) is 21.9 Å². The van der Waals surface area contributed by atoms with Crippen LogP contribution in [0.5, 0.6) is 29.0 Å². The van der Waals surface area contributed by atoms with Crippen LogP contribution in [0.1, 0.15) is 86.1 Å². The number of aromatic hydroxyl groups is 1. The Morgan fingerprint density at radius 1 is 0.955 bits per heavy atom. The number of rotatable bonds is 20. The Morgan fingerprint density at radius 2 is 1.78 bits per heavy atom. The van der Waals surface area contributed by atoms with Crippen LogP contribution in [-0.4, -0.2) is 155 Å². The molecule has 4 aliphatic rings. The van der Waals surface area contributed by atoms with Crippen molar-refractivity contribution in [1.29, 1.82) is 0 Å². The van der Waals surface area contributed by atoms with Gasteiger partial charge in [-0.2, -0.15) is 14.3 Å². The van der Waals surface area contributed by atoms with Crippen molar-refractivity contribution >= 4 is 60.4 Å². The van der Waals surface area contributed by atoms with Crippen LogP contribution >= 0.6 is 0 Å². The molecular weight excluding hydrogens is 1170 g/mol. The van der Waals surface area contributed by atoms with Crippen LogP contribution in [0.3, 0.4) is 0 Å². The summed E-state index contributed by atoms with van der Waals surface area (Å²) >= 11 is 0. The number of halogens is 2. The highest BCUT2D eigenvalue weighted by Gasteiger charge is 2.37. The molecule has 3 saturated heterocycles. The van der Waals surface area contributed by atoms with Crippen LogP contribution in [0.15, 0.2) is 83.9 Å². The molecule has 2 bridgehead atoms. The minimum atomic E-state index is -4.10. The van der Waals surface area contributed by atoms with Gasteiger partial charge in [0.1, 0.15) is 81.1 Å². The molecule has 5 atom stereocenters. The lowest BCUT2D eigenvalue weighted by Gasteiger charge is -2.34. The van der Waals surface area contributed by atoms with Gasteiger partial charge in [-0.15, -0.1) is 11.5 Å². The van der Waals surface area contributed by atoms with Crippen molar-refractivity contribution in [3.63, 3.8) is 0 Å². The molecule has 5 aromatic carbocycles. The van der Waals surface area contributed by atoms with E-state index in [0.717, 1.165) is 41.5 Å². The van der Waals surface area contributed by atoms with Gasteiger partial charge < -0.3 is 48.6 Å². The lowest BCUT2D eigenvalue weighted by Crippen LogP contribution is -2.51. The Bertz CT molecular complexity index is 4210. The van der Waals surface area contributed by atoms with E-state index in [0.29, 0.717) is 65.2 Å². The molecule has 1 unspecified atom stereocenters. The van der Waals surface area contributed by atoms with E-state index in [4.69, 9.17) is 39.8 Å². The average Bonchev–Trinajstić information content (AvgIpc) is 1.03. The summed E-state index contributed by atoms with van der Waals surface area (Å²) in [7, 11) is -0.767. The first-order valence-electron chi connectivity index (χ1n) is 29.8. The van der Waals surface area contributed by atoms with E-state index in [9.17, 15) is 23.1 Å². The fourth-order valence-electron chi connectivity index (χ4n) is 12.8. The molecule has 0 saturated carbocycles. The quantitative estimate of drug-likeness (QED) is 0.0415. The first-order chi connectivity index (χ1) is 43.0. The zero-order valence-corrected chi connectivity index (χ0v) is 50.8. The van der Waals surface area contributed by atoms with Gasteiger partial charge in [0.05, 0.1) is 63.3 Å². The second-order valence-corrected chi connectivity index (χ2v) is 24.9. The highest BCUT2D eigenvalue weighted by molar-refractivity contribution is 7.89. The van der Waals surface area contributed by atoms with Gasteiger partial charge in [-0.05, 0) is 117 Å². The largest absolute Gasteiger partial charge is 0.508 e. The van der Waals surface area contributed by atoms with Crippen LogP contribution in [0.25, 0.3) is 44.0 Å². The molecule has 0 spiro atoms. The van der Waals surface area contributed by atoms with E-state index in [2.05, 4.69) is 36.4 Å². The van der Waals surface area contributed by atoms with Crippen LogP contribution in [0, 0.1) is 30.9 Å². The molecule has 8 aromatic rings. The summed E-state index contributed by atoms with van der Waals surface area (Å²) in [5.41, 5.74) is 4.18. The minimum absolute atomic E-state index is 0.00984. The Labute approximate surface area is 513 Å². The molecule has 0 radical (unpaired) electrons. The predicted octanol–water partition coefficient (Wildman–Crippen LogP) is 8.26. The van der Waals surface area contributed by atoms with E-state index >= 15 is 8.78 Å². The van der Waals surface area contributed by atoms with Gasteiger partial charge in [0.2, 0.25) is 15.9 Å². The number of terminal acetylenes is 1. The molecular formula is C65H68F2N10O11S. The number of hydrogen-bond donors (Lipinski definition) is 2. The number of phenolic OH excluding ortho intramolecular Hbond substituents is 1. The Kier molecular flexibility index (Phi) is 17.3. The number of likely N-dealkylation sites (tertiary alicyclic amines) is 1. The van der Waals surface area contributed by atoms with E-state index in [-0.39, 0.29) is 139 Å². The number of anilines is 1. The van der Waals surface area contributed by atoms with E-state index < -0.39 is 33.7 Å². The smallest absolute Gasteiger partial charge is 0.319 e. The number of nitrogens with zero attached hydrogens (tertiary/aromatic N) is 9. The number of fused-ring (bicyclic) bond motifs is 6. The fraction of sp³-hybridized carbons (Fsp3) is 0.400. The molecule has 12 rings (SSSR count). The number of ether oxygens (including phenoxy) is 6. The van der Waals surface area contributed by atoms with Gasteiger partial charge in [-0.1, -0.05) is 35.4 Å². The number of nitrogens with one attached hydrogen (secondary N) is 1. The Hall–Kier alpha value is -8.76. The number of esters is 1. The molecule has 3 fully saturated rings. The molecule has 7 heterocycles. The van der Waals surface area contributed by atoms with E-state index in [1.54, 1.807) is 49.7 Å². The molecule has 24 heteroatoms. The molecule has 4 aliphatic heterocycles. The number of pyridine rings is 1. The summed E-state index contributed by atoms with van der Waals surface area (Å²) in [6, 6.07) is 19.6. The number of piperazine rings is 1. The van der Waals surface area contributed by atoms with Crippen molar-refractivity contribution in [2.75, 3.05) is 71.2 Å². The molecule has 464 valence electrons. The van der Waals surface area contributed by atoms with Crippen molar-refractivity contribution in [3.05, 3.63) is 118 Å². The van der Waals surface area contributed by atoms with Crippen LogP contribution < -0.4 is 29.2 Å². The number of benzene rings is 5. The van der Waals surface area contributed by atoms with Crippen molar-refractivity contribution < 1.29 is 60.3 Å². The summed E-state index contributed by atoms with van der Waals surface area (Å²) < 4.78 is 99.9. The molecule has 2 N–H and O–H groups in total. The molecule has 3 aromatic heterocycles. The van der Waals surface area contributed by atoms with Gasteiger partial charge in [0.25, 0.3) is 0 Å². The summed E-state index contributed by atoms with van der Waals surface area (Å²) in [5.74, 6) is 1.19. The first-order valence-corrected chi connectivity index (χ1v) is 31.3. The maximum Gasteiger partial charge on any atom is 0.319 e. The number of methoxy groups -OCH3 is 1. The first kappa shape index (κ1) is 60.5. The van der Waals surface area contributed by atoms with Crippen molar-refractivity contribution in [2.45, 2.75) is 101 Å². The fourth-order valence-corrected chi connectivity index (χ4v) is 14.4. The summed E-state index contributed by atoms with van der Waals surface area (Å²) in [6.07, 6.45) is 10.2. The van der Waals surface area contributed by atoms with Crippen LogP contribution in [0.2, 0.25) is 0 Å². The predicted molar refractivity (Wildman–Crippen MR) is 327 cm³/mol. The number of carbonyl (C=O) groups is 2. The highest BCUT2D eigenvalue weighted by atomic mass is 32.2. The number of hydrogen-bond acceptors (Lipinski definition) is 18. The number of amides is 1. The third-order valence-corrected chi connectivity index (χ3v) is 19.0. The maximum absolute atomic E-state index is 17.2. The zero-order chi connectivity index (χ0) is 62.3. The normalized spacial score (nSPS) is 19.2. The Morgan fingerprint density at radius 3 is 2.56 bits per heavy atom. The molecule has 0 aliphatic carbocycles. The zero-order valence-electron chi connectivity index (χ0n) is 50.0. The van der Waals surface area contributed by atoms with Crippen LogP contribution in [-0.2, 0) is 42.7 Å². The van der Waals surface area contributed by atoms with Gasteiger partial charge in [0, 0.05) is 74.4 Å². The molecule has 21 nitrogen and oxygen atoms in total. The van der Waals surface area contributed by atoms with Crippen molar-refractivity contribution in [1.82, 2.24) is 44.5 Å². The van der Waals surface area contributed by atoms with E-state index in [1.807, 2.05) is 37.3 Å². The second kappa shape index (κ2) is 25.4. The highest BCUT2D eigenvalue weighted by Crippen LogP contribution is 2.42.